The van der Waals surface area contributed by atoms with Crippen molar-refractivity contribution in [1.29, 1.82) is 0 Å². The first-order valence-corrected chi connectivity index (χ1v) is 9.77. The van der Waals surface area contributed by atoms with Crippen LogP contribution in [0.4, 0.5) is 4.39 Å². The van der Waals surface area contributed by atoms with Gasteiger partial charge in [0.2, 0.25) is 0 Å². The Balaban J connectivity index is 1.53. The molecule has 1 aliphatic rings. The summed E-state index contributed by atoms with van der Waals surface area (Å²) in [4.78, 5) is 17.6. The summed E-state index contributed by atoms with van der Waals surface area (Å²) in [5.41, 5.74) is 1.89. The van der Waals surface area contributed by atoms with Crippen LogP contribution in [0.15, 0.2) is 42.5 Å². The predicted octanol–water partition coefficient (Wildman–Crippen LogP) is 4.52. The largest absolute Gasteiger partial charge is 0.486 e. The van der Waals surface area contributed by atoms with E-state index in [1.165, 1.54) is 17.4 Å². The number of hydrogen-bond acceptors (Lipinski definition) is 5. The Bertz CT molecular complexity index is 1030. The van der Waals surface area contributed by atoms with Gasteiger partial charge in [-0.25, -0.2) is 9.37 Å². The minimum Gasteiger partial charge on any atom is -0.486 e. The van der Waals surface area contributed by atoms with Crippen LogP contribution in [0.2, 0.25) is 0 Å². The lowest BCUT2D eigenvalue weighted by atomic mass is 10.1. The maximum Gasteiger partial charge on any atom is 0.263 e. The zero-order valence-corrected chi connectivity index (χ0v) is 16.3. The fourth-order valence-corrected chi connectivity index (χ4v) is 4.03. The summed E-state index contributed by atoms with van der Waals surface area (Å²) in [7, 11) is 0. The lowest BCUT2D eigenvalue weighted by Gasteiger charge is -2.21. The Morgan fingerprint density at radius 3 is 2.71 bits per heavy atom. The molecule has 0 saturated carbocycles. The number of rotatable bonds is 4. The normalized spacial score (nSPS) is 13.8. The Hall–Kier alpha value is -2.93. The molecule has 2 heterocycles. The zero-order valence-electron chi connectivity index (χ0n) is 15.5. The number of hydrogen-bond donors (Lipinski definition) is 1. The molecule has 0 fully saturated rings. The lowest BCUT2D eigenvalue weighted by molar-refractivity contribution is 0.0943. The number of carbonyl (C=O) groups is 1. The lowest BCUT2D eigenvalue weighted by Crippen LogP contribution is -2.26. The number of aryl methyl sites for hydroxylation is 1. The topological polar surface area (TPSA) is 60.5 Å². The monoisotopic (exact) mass is 398 g/mol. The van der Waals surface area contributed by atoms with Crippen LogP contribution in [0.5, 0.6) is 11.5 Å². The average molecular weight is 398 g/mol. The molecule has 5 nitrogen and oxygen atoms in total. The van der Waals surface area contributed by atoms with Crippen molar-refractivity contribution in [3.8, 4) is 22.1 Å². The smallest absolute Gasteiger partial charge is 0.263 e. The van der Waals surface area contributed by atoms with Gasteiger partial charge in [0.1, 0.15) is 28.9 Å². The van der Waals surface area contributed by atoms with Crippen molar-refractivity contribution >= 4 is 17.2 Å². The van der Waals surface area contributed by atoms with Gasteiger partial charge in [0, 0.05) is 5.56 Å². The maximum atomic E-state index is 14.0. The van der Waals surface area contributed by atoms with Crippen molar-refractivity contribution < 1.29 is 18.7 Å². The molecule has 3 aromatic rings. The number of ether oxygens (including phenoxy) is 2. The Labute approximate surface area is 166 Å². The van der Waals surface area contributed by atoms with E-state index < -0.39 is 0 Å². The van der Waals surface area contributed by atoms with Gasteiger partial charge in [0.15, 0.2) is 11.5 Å². The maximum absolute atomic E-state index is 14.0. The van der Waals surface area contributed by atoms with Crippen molar-refractivity contribution in [3.63, 3.8) is 0 Å². The van der Waals surface area contributed by atoms with Crippen LogP contribution in [0.1, 0.15) is 33.9 Å². The standard InChI is InChI=1S/C21H19FN2O3S/c1-12(14-7-8-17-18(11-14)27-10-9-26-17)23-20(25)19-13(2)24-21(28-19)15-5-3-4-6-16(15)22/h3-8,11-12H,9-10H2,1-2H3,(H,23,25)/t12-/m1/s1. The Kier molecular flexibility index (Phi) is 5.00. The molecular weight excluding hydrogens is 379 g/mol. The van der Waals surface area contributed by atoms with Gasteiger partial charge < -0.3 is 14.8 Å². The fraction of sp³-hybridized carbons (Fsp3) is 0.238. The third-order valence-electron chi connectivity index (χ3n) is 4.52. The van der Waals surface area contributed by atoms with Gasteiger partial charge in [-0.3, -0.25) is 4.79 Å². The molecule has 0 aliphatic carbocycles. The minimum atomic E-state index is -0.354. The van der Waals surface area contributed by atoms with E-state index in [0.717, 1.165) is 5.56 Å². The third-order valence-corrected chi connectivity index (χ3v) is 5.71. The van der Waals surface area contributed by atoms with Gasteiger partial charge in [-0.2, -0.15) is 0 Å². The number of benzene rings is 2. The summed E-state index contributed by atoms with van der Waals surface area (Å²) in [6.45, 7) is 4.70. The summed E-state index contributed by atoms with van der Waals surface area (Å²) in [5.74, 6) is 0.801. The SMILES string of the molecule is Cc1nc(-c2ccccc2F)sc1C(=O)N[C@H](C)c1ccc2c(c1)OCCO2. The second-order valence-corrected chi connectivity index (χ2v) is 7.51. The van der Waals surface area contributed by atoms with Crippen LogP contribution in [0.25, 0.3) is 10.6 Å². The highest BCUT2D eigenvalue weighted by molar-refractivity contribution is 7.17. The van der Waals surface area contributed by atoms with Crippen molar-refractivity contribution in [3.05, 3.63) is 64.4 Å². The molecule has 0 bridgehead atoms. The number of halogens is 1. The number of nitrogens with zero attached hydrogens (tertiary/aromatic N) is 1. The Morgan fingerprint density at radius 1 is 1.18 bits per heavy atom. The summed E-state index contributed by atoms with van der Waals surface area (Å²) >= 11 is 1.19. The molecule has 144 valence electrons. The Morgan fingerprint density at radius 2 is 1.93 bits per heavy atom. The summed E-state index contributed by atoms with van der Waals surface area (Å²) in [5, 5.41) is 3.47. The van der Waals surface area contributed by atoms with E-state index in [1.54, 1.807) is 25.1 Å². The second kappa shape index (κ2) is 7.59. The molecule has 0 unspecified atom stereocenters. The van der Waals surface area contributed by atoms with Crippen LogP contribution in [0.3, 0.4) is 0 Å². The predicted molar refractivity (Wildman–Crippen MR) is 106 cm³/mol. The van der Waals surface area contributed by atoms with E-state index in [9.17, 15) is 9.18 Å². The van der Waals surface area contributed by atoms with E-state index in [0.29, 0.717) is 45.9 Å². The van der Waals surface area contributed by atoms with Crippen LogP contribution in [-0.4, -0.2) is 24.1 Å². The summed E-state index contributed by atoms with van der Waals surface area (Å²) in [6.07, 6.45) is 0. The van der Waals surface area contributed by atoms with Crippen molar-refractivity contribution in [2.75, 3.05) is 13.2 Å². The molecule has 0 saturated heterocycles. The van der Waals surface area contributed by atoms with Gasteiger partial charge in [-0.05, 0) is 43.7 Å². The van der Waals surface area contributed by atoms with Crippen LogP contribution in [-0.2, 0) is 0 Å². The first-order chi connectivity index (χ1) is 13.5. The molecule has 0 radical (unpaired) electrons. The van der Waals surface area contributed by atoms with Crippen LogP contribution < -0.4 is 14.8 Å². The zero-order chi connectivity index (χ0) is 19.7. The highest BCUT2D eigenvalue weighted by Crippen LogP contribution is 2.33. The van der Waals surface area contributed by atoms with Crippen molar-refractivity contribution in [1.82, 2.24) is 10.3 Å². The van der Waals surface area contributed by atoms with Crippen LogP contribution >= 0.6 is 11.3 Å². The summed E-state index contributed by atoms with van der Waals surface area (Å²) in [6, 6.07) is 11.8. The molecule has 2 aromatic carbocycles. The summed E-state index contributed by atoms with van der Waals surface area (Å²) < 4.78 is 25.2. The van der Waals surface area contributed by atoms with Crippen LogP contribution in [0, 0.1) is 12.7 Å². The second-order valence-electron chi connectivity index (χ2n) is 6.51. The van der Waals surface area contributed by atoms with Crippen molar-refractivity contribution in [2.45, 2.75) is 19.9 Å². The molecule has 1 atom stereocenters. The fourth-order valence-electron chi connectivity index (χ4n) is 3.03. The minimum absolute atomic E-state index is 0.235. The van der Waals surface area contributed by atoms with E-state index in [1.807, 2.05) is 25.1 Å². The number of nitrogens with one attached hydrogen (secondary N) is 1. The quantitative estimate of drug-likeness (QED) is 0.702. The van der Waals surface area contributed by atoms with E-state index in [2.05, 4.69) is 10.3 Å². The number of amides is 1. The molecule has 28 heavy (non-hydrogen) atoms. The molecule has 4 rings (SSSR count). The van der Waals surface area contributed by atoms with Gasteiger partial charge >= 0.3 is 0 Å². The first kappa shape index (κ1) is 18.4. The van der Waals surface area contributed by atoms with Gasteiger partial charge in [-0.1, -0.05) is 18.2 Å². The molecule has 1 aliphatic heterocycles. The van der Waals surface area contributed by atoms with Gasteiger partial charge in [0.05, 0.1) is 11.7 Å². The number of aromatic nitrogens is 1. The molecule has 7 heteroatoms. The van der Waals surface area contributed by atoms with E-state index >= 15 is 0 Å². The molecule has 1 amide bonds. The number of carbonyl (C=O) groups excluding carboxylic acids is 1. The molecular formula is C21H19FN2O3S. The van der Waals surface area contributed by atoms with Gasteiger partial charge in [-0.15, -0.1) is 11.3 Å². The molecule has 1 aromatic heterocycles. The third kappa shape index (κ3) is 3.57. The van der Waals surface area contributed by atoms with Gasteiger partial charge in [0.25, 0.3) is 5.91 Å². The average Bonchev–Trinajstić information content (AvgIpc) is 3.09. The highest BCUT2D eigenvalue weighted by Gasteiger charge is 2.21. The van der Waals surface area contributed by atoms with E-state index in [4.69, 9.17) is 9.47 Å². The molecule has 0 spiro atoms. The highest BCUT2D eigenvalue weighted by atomic mass is 32.1. The molecule has 1 N–H and O–H groups in total. The van der Waals surface area contributed by atoms with E-state index in [-0.39, 0.29) is 17.8 Å². The van der Waals surface area contributed by atoms with Crippen molar-refractivity contribution in [2.24, 2.45) is 0 Å². The first-order valence-electron chi connectivity index (χ1n) is 8.95. The number of thiazole rings is 1. The number of fused-ring (bicyclic) bond motifs is 1.